The fourth-order valence-corrected chi connectivity index (χ4v) is 5.75. The summed E-state index contributed by atoms with van der Waals surface area (Å²) in [7, 11) is 0. The van der Waals surface area contributed by atoms with Crippen LogP contribution in [0.4, 0.5) is 0 Å². The van der Waals surface area contributed by atoms with E-state index in [0.717, 1.165) is 22.2 Å². The van der Waals surface area contributed by atoms with Gasteiger partial charge in [0.05, 0.1) is 5.52 Å². The van der Waals surface area contributed by atoms with Crippen molar-refractivity contribution >= 4 is 28.6 Å². The molecule has 0 radical (unpaired) electrons. The number of nitrogens with zero attached hydrogens (tertiary/aromatic N) is 2. The molecule has 1 aliphatic heterocycles. The number of rotatable bonds is 7. The minimum absolute atomic E-state index is 0.108. The molecule has 0 unspecified atom stereocenters. The SMILES string of the molecule is CC(=O)N1[C@@H](C)C[C@H](CC(=O)NO)C[C@]1(C)NC(=O)c1ccc(OCc2cc(C)nc3ccccc23)cc1. The quantitative estimate of drug-likeness (QED) is 0.320. The van der Waals surface area contributed by atoms with Gasteiger partial charge in [-0.1, -0.05) is 18.2 Å². The number of para-hydroxylation sites is 1. The second kappa shape index (κ2) is 11.2. The van der Waals surface area contributed by atoms with Crippen LogP contribution < -0.4 is 15.5 Å². The molecule has 200 valence electrons. The van der Waals surface area contributed by atoms with Gasteiger partial charge in [0.25, 0.3) is 5.91 Å². The Hall–Kier alpha value is -3.98. The number of aromatic nitrogens is 1. The number of ether oxygens (including phenoxy) is 1. The maximum absolute atomic E-state index is 13.2. The Kier molecular flexibility index (Phi) is 7.97. The Morgan fingerprint density at radius 3 is 2.55 bits per heavy atom. The summed E-state index contributed by atoms with van der Waals surface area (Å²) in [5.74, 6) is -0.467. The predicted octanol–water partition coefficient (Wildman–Crippen LogP) is 4.11. The van der Waals surface area contributed by atoms with Gasteiger partial charge in [-0.05, 0) is 75.9 Å². The number of hydrogen-bond acceptors (Lipinski definition) is 6. The fourth-order valence-electron chi connectivity index (χ4n) is 5.75. The molecular formula is C29H34N4O5. The summed E-state index contributed by atoms with van der Waals surface area (Å²) in [6.45, 7) is 7.48. The molecule has 38 heavy (non-hydrogen) atoms. The molecule has 3 N–H and O–H groups in total. The van der Waals surface area contributed by atoms with E-state index in [0.29, 0.717) is 30.8 Å². The molecule has 0 bridgehead atoms. The number of fused-ring (bicyclic) bond motifs is 1. The maximum Gasteiger partial charge on any atom is 0.253 e. The molecule has 1 fully saturated rings. The zero-order valence-corrected chi connectivity index (χ0v) is 22.2. The van der Waals surface area contributed by atoms with E-state index in [9.17, 15) is 14.4 Å². The number of benzene rings is 2. The molecule has 0 saturated carbocycles. The van der Waals surface area contributed by atoms with Gasteiger partial charge in [-0.25, -0.2) is 5.48 Å². The number of carbonyl (C=O) groups is 3. The summed E-state index contributed by atoms with van der Waals surface area (Å²) in [6, 6.07) is 16.6. The summed E-state index contributed by atoms with van der Waals surface area (Å²) < 4.78 is 6.01. The number of pyridine rings is 1. The van der Waals surface area contributed by atoms with Gasteiger partial charge in [-0.15, -0.1) is 0 Å². The van der Waals surface area contributed by atoms with Crippen LogP contribution in [-0.4, -0.2) is 44.5 Å². The molecule has 0 spiro atoms. The monoisotopic (exact) mass is 518 g/mol. The number of hydrogen-bond donors (Lipinski definition) is 3. The van der Waals surface area contributed by atoms with Gasteiger partial charge < -0.3 is 15.0 Å². The summed E-state index contributed by atoms with van der Waals surface area (Å²) in [4.78, 5) is 43.7. The molecule has 2 heterocycles. The van der Waals surface area contributed by atoms with Crippen molar-refractivity contribution in [1.29, 1.82) is 0 Å². The number of piperidine rings is 1. The van der Waals surface area contributed by atoms with Gasteiger partial charge >= 0.3 is 0 Å². The molecule has 1 aromatic heterocycles. The number of amides is 3. The highest BCUT2D eigenvalue weighted by Gasteiger charge is 2.45. The zero-order chi connectivity index (χ0) is 27.4. The highest BCUT2D eigenvalue weighted by molar-refractivity contribution is 5.95. The summed E-state index contributed by atoms with van der Waals surface area (Å²) >= 11 is 0. The van der Waals surface area contributed by atoms with Crippen molar-refractivity contribution in [3.63, 3.8) is 0 Å². The van der Waals surface area contributed by atoms with Crippen molar-refractivity contribution in [2.24, 2.45) is 5.92 Å². The van der Waals surface area contributed by atoms with Crippen LogP contribution in [0.2, 0.25) is 0 Å². The van der Waals surface area contributed by atoms with E-state index in [2.05, 4.69) is 10.3 Å². The van der Waals surface area contributed by atoms with Crippen LogP contribution in [0.1, 0.15) is 61.6 Å². The lowest BCUT2D eigenvalue weighted by atomic mass is 9.81. The molecule has 1 saturated heterocycles. The number of carbonyl (C=O) groups excluding carboxylic acids is 3. The standard InChI is InChI=1S/C29H34N4O5/c1-18-13-23(25-7-5-6-8-26(25)30-18)17-38-24-11-9-22(10-12-24)28(36)31-29(4)16-21(15-27(35)32-37)14-19(2)33(29)20(3)34/h5-13,19,21,37H,14-17H2,1-4H3,(H,31,36)(H,32,35)/t19-,21+,29+/m0/s1. The van der Waals surface area contributed by atoms with Crippen LogP contribution >= 0.6 is 0 Å². The molecule has 3 amide bonds. The van der Waals surface area contributed by atoms with Crippen LogP contribution in [0.15, 0.2) is 54.6 Å². The summed E-state index contributed by atoms with van der Waals surface area (Å²) in [5, 5.41) is 13.0. The Morgan fingerprint density at radius 2 is 1.87 bits per heavy atom. The lowest BCUT2D eigenvalue weighted by Crippen LogP contribution is -2.66. The van der Waals surface area contributed by atoms with E-state index in [-0.39, 0.29) is 30.2 Å². The third-order valence-corrected chi connectivity index (χ3v) is 7.09. The summed E-state index contributed by atoms with van der Waals surface area (Å²) in [6.07, 6.45) is 1.09. The minimum Gasteiger partial charge on any atom is -0.489 e. The first-order chi connectivity index (χ1) is 18.1. The molecule has 0 aliphatic carbocycles. The molecule has 9 heteroatoms. The zero-order valence-electron chi connectivity index (χ0n) is 22.2. The fraction of sp³-hybridized carbons (Fsp3) is 0.379. The molecule has 3 aromatic rings. The first-order valence-corrected chi connectivity index (χ1v) is 12.7. The lowest BCUT2D eigenvalue weighted by Gasteiger charge is -2.51. The Balaban J connectivity index is 1.46. The largest absolute Gasteiger partial charge is 0.489 e. The number of nitrogens with one attached hydrogen (secondary N) is 2. The van der Waals surface area contributed by atoms with Crippen LogP contribution in [0.25, 0.3) is 10.9 Å². The van der Waals surface area contributed by atoms with Crippen molar-refractivity contribution in [3.8, 4) is 5.75 Å². The maximum atomic E-state index is 13.2. The highest BCUT2D eigenvalue weighted by atomic mass is 16.5. The van der Waals surface area contributed by atoms with Gasteiger partial charge in [0, 0.05) is 41.6 Å². The van der Waals surface area contributed by atoms with Crippen molar-refractivity contribution in [1.82, 2.24) is 20.7 Å². The van der Waals surface area contributed by atoms with Crippen molar-refractivity contribution in [2.75, 3.05) is 0 Å². The topological polar surface area (TPSA) is 121 Å². The second-order valence-electron chi connectivity index (χ2n) is 10.3. The van der Waals surface area contributed by atoms with E-state index in [4.69, 9.17) is 9.94 Å². The van der Waals surface area contributed by atoms with E-state index < -0.39 is 11.6 Å². The van der Waals surface area contributed by atoms with E-state index in [1.54, 1.807) is 41.6 Å². The number of aryl methyl sites for hydroxylation is 1. The predicted molar refractivity (Wildman–Crippen MR) is 142 cm³/mol. The van der Waals surface area contributed by atoms with Gasteiger partial charge in [0.1, 0.15) is 18.0 Å². The highest BCUT2D eigenvalue weighted by Crippen LogP contribution is 2.36. The van der Waals surface area contributed by atoms with Crippen LogP contribution in [-0.2, 0) is 16.2 Å². The first-order valence-electron chi connectivity index (χ1n) is 12.7. The average Bonchev–Trinajstić information content (AvgIpc) is 2.86. The molecule has 1 aliphatic rings. The summed E-state index contributed by atoms with van der Waals surface area (Å²) in [5.41, 5.74) is 3.97. The normalized spacial score (nSPS) is 21.1. The average molecular weight is 519 g/mol. The van der Waals surface area contributed by atoms with Gasteiger partial charge in [0.15, 0.2) is 0 Å². The third kappa shape index (κ3) is 5.94. The van der Waals surface area contributed by atoms with E-state index in [1.165, 1.54) is 6.92 Å². The molecule has 2 aromatic carbocycles. The Morgan fingerprint density at radius 1 is 1.16 bits per heavy atom. The van der Waals surface area contributed by atoms with E-state index in [1.807, 2.05) is 44.2 Å². The van der Waals surface area contributed by atoms with E-state index >= 15 is 0 Å². The first kappa shape index (κ1) is 27.1. The van der Waals surface area contributed by atoms with Crippen molar-refractivity contribution in [2.45, 2.75) is 65.3 Å². The van der Waals surface area contributed by atoms with Crippen molar-refractivity contribution in [3.05, 3.63) is 71.4 Å². The van der Waals surface area contributed by atoms with Gasteiger partial charge in [-0.3, -0.25) is 24.6 Å². The lowest BCUT2D eigenvalue weighted by molar-refractivity contribution is -0.145. The Labute approximate surface area is 222 Å². The minimum atomic E-state index is -0.990. The molecule has 4 rings (SSSR count). The van der Waals surface area contributed by atoms with Crippen LogP contribution in [0.5, 0.6) is 5.75 Å². The number of hydroxylamine groups is 1. The van der Waals surface area contributed by atoms with Gasteiger partial charge in [-0.2, -0.15) is 0 Å². The van der Waals surface area contributed by atoms with Crippen LogP contribution in [0.3, 0.4) is 0 Å². The third-order valence-electron chi connectivity index (χ3n) is 7.09. The Bertz CT molecular complexity index is 1340. The van der Waals surface area contributed by atoms with Gasteiger partial charge in [0.2, 0.25) is 11.8 Å². The van der Waals surface area contributed by atoms with Crippen LogP contribution in [0, 0.1) is 12.8 Å². The van der Waals surface area contributed by atoms with Crippen molar-refractivity contribution < 1.29 is 24.3 Å². The second-order valence-corrected chi connectivity index (χ2v) is 10.3. The molecular weight excluding hydrogens is 484 g/mol. The number of likely N-dealkylation sites (tertiary alicyclic amines) is 1. The smallest absolute Gasteiger partial charge is 0.253 e. The molecule has 3 atom stereocenters. The molecule has 9 nitrogen and oxygen atoms in total.